The van der Waals surface area contributed by atoms with E-state index in [0.717, 1.165) is 23.7 Å². The Morgan fingerprint density at radius 3 is 2.77 bits per heavy atom. The van der Waals surface area contributed by atoms with E-state index in [9.17, 15) is 0 Å². The van der Waals surface area contributed by atoms with Crippen LogP contribution in [0, 0.1) is 6.92 Å². The van der Waals surface area contributed by atoms with E-state index < -0.39 is 0 Å². The van der Waals surface area contributed by atoms with Crippen LogP contribution in [0.3, 0.4) is 0 Å². The molecule has 13 heavy (non-hydrogen) atoms. The molecule has 1 rings (SSSR count). The van der Waals surface area contributed by atoms with Crippen molar-refractivity contribution in [3.8, 4) is 0 Å². The summed E-state index contributed by atoms with van der Waals surface area (Å²) in [6, 6.07) is 4.43. The molecule has 2 nitrogen and oxygen atoms in total. The lowest BCUT2D eigenvalue weighted by Gasteiger charge is -2.12. The van der Waals surface area contributed by atoms with E-state index in [4.69, 9.17) is 4.42 Å². The molecule has 0 radical (unpaired) electrons. The highest BCUT2D eigenvalue weighted by Crippen LogP contribution is 2.20. The molecule has 0 bridgehead atoms. The van der Waals surface area contributed by atoms with Crippen LogP contribution in [0.25, 0.3) is 0 Å². The number of furan rings is 1. The Morgan fingerprint density at radius 2 is 2.31 bits per heavy atom. The fourth-order valence-corrected chi connectivity index (χ4v) is 1.78. The molecule has 0 saturated carbocycles. The van der Waals surface area contributed by atoms with E-state index in [0.29, 0.717) is 6.04 Å². The van der Waals surface area contributed by atoms with Gasteiger partial charge in [0.2, 0.25) is 0 Å². The van der Waals surface area contributed by atoms with Gasteiger partial charge in [0.15, 0.2) is 0 Å². The summed E-state index contributed by atoms with van der Waals surface area (Å²) >= 11 is 1.87. The zero-order chi connectivity index (χ0) is 9.68. The van der Waals surface area contributed by atoms with Gasteiger partial charge in [-0.2, -0.15) is 11.8 Å². The van der Waals surface area contributed by atoms with E-state index in [1.807, 2.05) is 31.8 Å². The Hall–Kier alpha value is -0.410. The number of thioether (sulfide) groups is 1. The van der Waals surface area contributed by atoms with Crippen LogP contribution in [0.4, 0.5) is 0 Å². The van der Waals surface area contributed by atoms with Gasteiger partial charge in [-0.15, -0.1) is 0 Å². The summed E-state index contributed by atoms with van der Waals surface area (Å²) in [5, 5.41) is 3.26. The van der Waals surface area contributed by atoms with Crippen LogP contribution in [-0.4, -0.2) is 19.1 Å². The summed E-state index contributed by atoms with van der Waals surface area (Å²) in [6.07, 6.45) is 3.24. The zero-order valence-electron chi connectivity index (χ0n) is 8.46. The third-order valence-corrected chi connectivity index (χ3v) is 2.71. The maximum Gasteiger partial charge on any atom is 0.121 e. The molecule has 1 heterocycles. The predicted octanol–water partition coefficient (Wildman–Crippen LogP) is 2.60. The normalized spacial score (nSPS) is 13.2. The van der Waals surface area contributed by atoms with Crippen molar-refractivity contribution in [3.05, 3.63) is 23.7 Å². The Morgan fingerprint density at radius 1 is 1.54 bits per heavy atom. The van der Waals surface area contributed by atoms with Crippen molar-refractivity contribution in [1.29, 1.82) is 0 Å². The van der Waals surface area contributed by atoms with E-state index in [1.165, 1.54) is 0 Å². The van der Waals surface area contributed by atoms with Gasteiger partial charge in [0.25, 0.3) is 0 Å². The van der Waals surface area contributed by atoms with Gasteiger partial charge >= 0.3 is 0 Å². The standard InChI is InChI=1S/C10H17NOS/c1-8-4-5-10(12-8)9(11-2)6-7-13-3/h4-5,9,11H,6-7H2,1-3H3. The van der Waals surface area contributed by atoms with Gasteiger partial charge in [0, 0.05) is 0 Å². The smallest absolute Gasteiger partial charge is 0.121 e. The fraction of sp³-hybridized carbons (Fsp3) is 0.600. The fourth-order valence-electron chi connectivity index (χ4n) is 1.31. The molecule has 3 heteroatoms. The molecule has 0 aliphatic heterocycles. The third-order valence-electron chi connectivity index (χ3n) is 2.06. The maximum atomic E-state index is 5.56. The van der Waals surface area contributed by atoms with Gasteiger partial charge in [0.1, 0.15) is 11.5 Å². The SMILES string of the molecule is CNC(CCSC)c1ccc(C)o1. The first-order chi connectivity index (χ1) is 6.27. The van der Waals surface area contributed by atoms with E-state index >= 15 is 0 Å². The molecule has 1 N–H and O–H groups in total. The lowest BCUT2D eigenvalue weighted by molar-refractivity contribution is 0.411. The Bertz CT molecular complexity index is 247. The molecule has 0 aliphatic rings. The summed E-state index contributed by atoms with van der Waals surface area (Å²) in [5.74, 6) is 3.19. The van der Waals surface area contributed by atoms with Gasteiger partial charge in [-0.1, -0.05) is 0 Å². The lowest BCUT2D eigenvalue weighted by Crippen LogP contribution is -2.16. The summed E-state index contributed by atoms with van der Waals surface area (Å²) in [7, 11) is 1.98. The summed E-state index contributed by atoms with van der Waals surface area (Å²) < 4.78 is 5.56. The minimum absolute atomic E-state index is 0.362. The molecule has 0 saturated heterocycles. The quantitative estimate of drug-likeness (QED) is 0.789. The van der Waals surface area contributed by atoms with Crippen molar-refractivity contribution in [3.63, 3.8) is 0 Å². The molecular formula is C10H17NOS. The second-order valence-corrected chi connectivity index (χ2v) is 4.06. The van der Waals surface area contributed by atoms with Crippen molar-refractivity contribution in [2.75, 3.05) is 19.1 Å². The van der Waals surface area contributed by atoms with Gasteiger partial charge in [-0.3, -0.25) is 0 Å². The van der Waals surface area contributed by atoms with Crippen molar-refractivity contribution in [2.45, 2.75) is 19.4 Å². The van der Waals surface area contributed by atoms with Gasteiger partial charge < -0.3 is 9.73 Å². The van der Waals surface area contributed by atoms with Crippen LogP contribution in [-0.2, 0) is 0 Å². The van der Waals surface area contributed by atoms with Crippen molar-refractivity contribution < 1.29 is 4.42 Å². The molecule has 0 fully saturated rings. The minimum Gasteiger partial charge on any atom is -0.465 e. The monoisotopic (exact) mass is 199 g/mol. The topological polar surface area (TPSA) is 25.2 Å². The highest BCUT2D eigenvalue weighted by atomic mass is 32.2. The van der Waals surface area contributed by atoms with Gasteiger partial charge in [-0.05, 0) is 44.5 Å². The molecule has 1 unspecified atom stereocenters. The van der Waals surface area contributed by atoms with E-state index in [-0.39, 0.29) is 0 Å². The molecular weight excluding hydrogens is 182 g/mol. The molecule has 74 valence electrons. The minimum atomic E-state index is 0.362. The number of nitrogens with one attached hydrogen (secondary N) is 1. The first-order valence-corrected chi connectivity index (χ1v) is 5.90. The highest BCUT2D eigenvalue weighted by Gasteiger charge is 2.11. The average Bonchev–Trinajstić information content (AvgIpc) is 2.54. The van der Waals surface area contributed by atoms with Crippen molar-refractivity contribution in [1.82, 2.24) is 5.32 Å². The maximum absolute atomic E-state index is 5.56. The number of hydrogen-bond donors (Lipinski definition) is 1. The Balaban J connectivity index is 2.56. The van der Waals surface area contributed by atoms with Crippen LogP contribution in [0.15, 0.2) is 16.5 Å². The van der Waals surface area contributed by atoms with E-state index in [1.54, 1.807) is 0 Å². The molecule has 0 aliphatic carbocycles. The Kier molecular flexibility index (Phi) is 4.39. The average molecular weight is 199 g/mol. The summed E-state index contributed by atoms with van der Waals surface area (Å²) in [5.41, 5.74) is 0. The van der Waals surface area contributed by atoms with Crippen LogP contribution < -0.4 is 5.32 Å². The molecule has 1 aromatic rings. The first kappa shape index (κ1) is 10.7. The summed E-state index contributed by atoms with van der Waals surface area (Å²) in [6.45, 7) is 1.98. The second kappa shape index (κ2) is 5.35. The molecule has 0 aromatic carbocycles. The largest absolute Gasteiger partial charge is 0.465 e. The number of rotatable bonds is 5. The van der Waals surface area contributed by atoms with Crippen molar-refractivity contribution >= 4 is 11.8 Å². The molecule has 1 atom stereocenters. The number of aryl methyl sites for hydroxylation is 1. The van der Waals surface area contributed by atoms with Crippen molar-refractivity contribution in [2.24, 2.45) is 0 Å². The highest BCUT2D eigenvalue weighted by molar-refractivity contribution is 7.98. The van der Waals surface area contributed by atoms with Crippen LogP contribution in [0.5, 0.6) is 0 Å². The zero-order valence-corrected chi connectivity index (χ0v) is 9.28. The predicted molar refractivity (Wildman–Crippen MR) is 58.2 cm³/mol. The third kappa shape index (κ3) is 3.08. The van der Waals surface area contributed by atoms with Gasteiger partial charge in [0.05, 0.1) is 6.04 Å². The number of hydrogen-bond acceptors (Lipinski definition) is 3. The Labute approximate surface area is 84.1 Å². The second-order valence-electron chi connectivity index (χ2n) is 3.07. The molecule has 1 aromatic heterocycles. The summed E-state index contributed by atoms with van der Waals surface area (Å²) in [4.78, 5) is 0. The van der Waals surface area contributed by atoms with Crippen LogP contribution in [0.1, 0.15) is 24.0 Å². The van der Waals surface area contributed by atoms with Crippen LogP contribution >= 0.6 is 11.8 Å². The molecule has 0 amide bonds. The lowest BCUT2D eigenvalue weighted by atomic mass is 10.2. The molecule has 0 spiro atoms. The van der Waals surface area contributed by atoms with Gasteiger partial charge in [-0.25, -0.2) is 0 Å². The van der Waals surface area contributed by atoms with E-state index in [2.05, 4.69) is 17.6 Å². The van der Waals surface area contributed by atoms with Crippen LogP contribution in [0.2, 0.25) is 0 Å². The first-order valence-electron chi connectivity index (χ1n) is 4.50.